The summed E-state index contributed by atoms with van der Waals surface area (Å²) < 4.78 is 19.6. The van der Waals surface area contributed by atoms with E-state index >= 15 is 0 Å². The van der Waals surface area contributed by atoms with E-state index in [0.29, 0.717) is 37.2 Å². The Kier molecular flexibility index (Phi) is 6.61. The van der Waals surface area contributed by atoms with Crippen molar-refractivity contribution in [2.45, 2.75) is 12.8 Å². The third kappa shape index (κ3) is 5.11. The van der Waals surface area contributed by atoms with Crippen LogP contribution in [0.4, 0.5) is 4.39 Å². The molecule has 1 aliphatic heterocycles. The lowest BCUT2D eigenvalue weighted by Gasteiger charge is -2.31. The first-order valence-corrected chi connectivity index (χ1v) is 9.52. The lowest BCUT2D eigenvalue weighted by molar-refractivity contribution is -0.153. The van der Waals surface area contributed by atoms with Gasteiger partial charge in [0.25, 0.3) is 17.7 Å². The van der Waals surface area contributed by atoms with Gasteiger partial charge in [-0.3, -0.25) is 24.5 Å². The number of imide groups is 1. The monoisotopic (exact) mass is 415 g/mol. The SMILES string of the molecule is Cn1cccc1C(=O)NC(=O)COC(=O)C1CCN(C(=O)c2ccc(F)cc2)CC1. The number of amides is 3. The molecule has 0 radical (unpaired) electrons. The topological polar surface area (TPSA) is 97.7 Å². The maximum atomic E-state index is 13.0. The van der Waals surface area contributed by atoms with E-state index in [1.807, 2.05) is 0 Å². The van der Waals surface area contributed by atoms with Gasteiger partial charge < -0.3 is 14.2 Å². The fourth-order valence-corrected chi connectivity index (χ4v) is 3.27. The molecule has 1 saturated heterocycles. The Morgan fingerprint density at radius 2 is 1.77 bits per heavy atom. The molecule has 8 nitrogen and oxygen atoms in total. The van der Waals surface area contributed by atoms with Crippen LogP contribution in [0.3, 0.4) is 0 Å². The number of likely N-dealkylation sites (tertiary alicyclic amines) is 1. The highest BCUT2D eigenvalue weighted by Crippen LogP contribution is 2.20. The normalized spacial score (nSPS) is 14.3. The summed E-state index contributed by atoms with van der Waals surface area (Å²) in [5.74, 6) is -2.89. The van der Waals surface area contributed by atoms with Crippen LogP contribution in [0, 0.1) is 11.7 Å². The number of carbonyl (C=O) groups is 4. The lowest BCUT2D eigenvalue weighted by Crippen LogP contribution is -2.41. The number of carbonyl (C=O) groups excluding carboxylic acids is 4. The molecular formula is C21H22FN3O5. The highest BCUT2D eigenvalue weighted by atomic mass is 19.1. The number of benzene rings is 1. The number of rotatable bonds is 5. The zero-order valence-electron chi connectivity index (χ0n) is 16.5. The van der Waals surface area contributed by atoms with E-state index in [1.165, 1.54) is 24.3 Å². The number of piperidine rings is 1. The molecule has 0 unspecified atom stereocenters. The molecule has 30 heavy (non-hydrogen) atoms. The number of nitrogens with zero attached hydrogens (tertiary/aromatic N) is 2. The Hall–Kier alpha value is -3.49. The second-order valence-electron chi connectivity index (χ2n) is 7.06. The maximum Gasteiger partial charge on any atom is 0.309 e. The largest absolute Gasteiger partial charge is 0.455 e. The average molecular weight is 415 g/mol. The van der Waals surface area contributed by atoms with Crippen molar-refractivity contribution in [1.82, 2.24) is 14.8 Å². The van der Waals surface area contributed by atoms with E-state index in [1.54, 1.807) is 34.8 Å². The number of aryl methyl sites for hydroxylation is 1. The molecule has 2 aromatic rings. The maximum absolute atomic E-state index is 13.0. The van der Waals surface area contributed by atoms with E-state index in [2.05, 4.69) is 5.32 Å². The quantitative estimate of drug-likeness (QED) is 0.747. The predicted octanol–water partition coefficient (Wildman–Crippen LogP) is 1.52. The van der Waals surface area contributed by atoms with E-state index in [4.69, 9.17) is 4.74 Å². The minimum Gasteiger partial charge on any atom is -0.455 e. The Balaban J connectivity index is 1.42. The van der Waals surface area contributed by atoms with Gasteiger partial charge in [-0.15, -0.1) is 0 Å². The Morgan fingerprint density at radius 1 is 1.10 bits per heavy atom. The van der Waals surface area contributed by atoms with Gasteiger partial charge in [0.2, 0.25) is 0 Å². The van der Waals surface area contributed by atoms with Gasteiger partial charge in [-0.2, -0.15) is 0 Å². The third-order valence-corrected chi connectivity index (χ3v) is 4.98. The number of hydrogen-bond donors (Lipinski definition) is 1. The molecule has 0 aliphatic carbocycles. The molecule has 158 valence electrons. The van der Waals surface area contributed by atoms with Crippen LogP contribution in [0.1, 0.15) is 33.7 Å². The van der Waals surface area contributed by atoms with Crippen LogP contribution in [0.5, 0.6) is 0 Å². The lowest BCUT2D eigenvalue weighted by atomic mass is 9.96. The molecule has 1 aromatic carbocycles. The second-order valence-corrected chi connectivity index (χ2v) is 7.06. The van der Waals surface area contributed by atoms with Crippen LogP contribution in [0.25, 0.3) is 0 Å². The molecule has 2 heterocycles. The molecule has 3 rings (SSSR count). The van der Waals surface area contributed by atoms with E-state index in [-0.39, 0.29) is 5.91 Å². The zero-order valence-corrected chi connectivity index (χ0v) is 16.5. The van der Waals surface area contributed by atoms with Crippen molar-refractivity contribution in [1.29, 1.82) is 0 Å². The first kappa shape index (κ1) is 21.2. The van der Waals surface area contributed by atoms with Crippen LogP contribution in [-0.4, -0.2) is 52.9 Å². The summed E-state index contributed by atoms with van der Waals surface area (Å²) in [4.78, 5) is 50.1. The fraction of sp³-hybridized carbons (Fsp3) is 0.333. The van der Waals surface area contributed by atoms with Crippen LogP contribution in [-0.2, 0) is 21.4 Å². The highest BCUT2D eigenvalue weighted by Gasteiger charge is 2.29. The summed E-state index contributed by atoms with van der Waals surface area (Å²) in [5.41, 5.74) is 0.699. The number of esters is 1. The smallest absolute Gasteiger partial charge is 0.309 e. The third-order valence-electron chi connectivity index (χ3n) is 4.98. The number of aromatic nitrogens is 1. The summed E-state index contributed by atoms with van der Waals surface area (Å²) in [7, 11) is 1.67. The van der Waals surface area contributed by atoms with Crippen molar-refractivity contribution in [3.8, 4) is 0 Å². The minimum atomic E-state index is -0.710. The van der Waals surface area contributed by atoms with Gasteiger partial charge in [0.15, 0.2) is 6.61 Å². The van der Waals surface area contributed by atoms with Crippen molar-refractivity contribution in [2.75, 3.05) is 19.7 Å². The van der Waals surface area contributed by atoms with Gasteiger partial charge in [-0.05, 0) is 49.2 Å². The van der Waals surface area contributed by atoms with E-state index in [9.17, 15) is 23.6 Å². The van der Waals surface area contributed by atoms with Crippen LogP contribution in [0.2, 0.25) is 0 Å². The molecule has 0 bridgehead atoms. The highest BCUT2D eigenvalue weighted by molar-refractivity contribution is 6.04. The number of halogens is 1. The van der Waals surface area contributed by atoms with Gasteiger partial charge in [0.05, 0.1) is 5.92 Å². The number of hydrogen-bond acceptors (Lipinski definition) is 5. The molecular weight excluding hydrogens is 393 g/mol. The molecule has 0 saturated carbocycles. The Bertz CT molecular complexity index is 946. The Labute approximate surface area is 172 Å². The summed E-state index contributed by atoms with van der Waals surface area (Å²) in [5, 5.41) is 2.17. The molecule has 9 heteroatoms. The summed E-state index contributed by atoms with van der Waals surface area (Å²) in [6.45, 7) is 0.159. The second kappa shape index (κ2) is 9.34. The Morgan fingerprint density at radius 3 is 2.37 bits per heavy atom. The van der Waals surface area contributed by atoms with Crippen molar-refractivity contribution < 1.29 is 28.3 Å². The first-order valence-electron chi connectivity index (χ1n) is 9.52. The van der Waals surface area contributed by atoms with Gasteiger partial charge in [0.1, 0.15) is 11.5 Å². The molecule has 3 amide bonds. The van der Waals surface area contributed by atoms with Crippen molar-refractivity contribution >= 4 is 23.7 Å². The van der Waals surface area contributed by atoms with Crippen LogP contribution in [0.15, 0.2) is 42.6 Å². The standard InChI is InChI=1S/C21H22FN3O5/c1-24-10-2-3-17(24)19(27)23-18(26)13-30-21(29)15-8-11-25(12-9-15)20(28)14-4-6-16(22)7-5-14/h2-7,10,15H,8-9,11-13H2,1H3,(H,23,26,27). The summed E-state index contributed by atoms with van der Waals surface area (Å²) in [6.07, 6.45) is 2.47. The van der Waals surface area contributed by atoms with Gasteiger partial charge in [-0.1, -0.05) is 0 Å². The van der Waals surface area contributed by atoms with Gasteiger partial charge in [-0.25, -0.2) is 4.39 Å². The zero-order chi connectivity index (χ0) is 21.7. The molecule has 1 aromatic heterocycles. The molecule has 0 atom stereocenters. The first-order chi connectivity index (χ1) is 14.3. The predicted molar refractivity (Wildman–Crippen MR) is 104 cm³/mol. The summed E-state index contributed by atoms with van der Waals surface area (Å²) >= 11 is 0. The van der Waals surface area contributed by atoms with Crippen LogP contribution >= 0.6 is 0 Å². The molecule has 1 N–H and O–H groups in total. The van der Waals surface area contributed by atoms with Crippen molar-refractivity contribution in [2.24, 2.45) is 13.0 Å². The molecule has 1 aliphatic rings. The number of nitrogens with one attached hydrogen (secondary N) is 1. The van der Waals surface area contributed by atoms with Crippen LogP contribution < -0.4 is 5.32 Å². The fourth-order valence-electron chi connectivity index (χ4n) is 3.27. The van der Waals surface area contributed by atoms with Gasteiger partial charge in [0, 0.05) is 31.9 Å². The average Bonchev–Trinajstić information content (AvgIpc) is 3.18. The molecule has 1 fully saturated rings. The van der Waals surface area contributed by atoms with Gasteiger partial charge >= 0.3 is 5.97 Å². The minimum absolute atomic E-state index is 0.222. The van der Waals surface area contributed by atoms with E-state index < -0.39 is 36.1 Å². The molecule has 0 spiro atoms. The van der Waals surface area contributed by atoms with E-state index in [0.717, 1.165) is 0 Å². The summed E-state index contributed by atoms with van der Waals surface area (Å²) in [6, 6.07) is 8.54. The number of ether oxygens (including phenoxy) is 1. The van der Waals surface area contributed by atoms with Crippen molar-refractivity contribution in [3.63, 3.8) is 0 Å². The van der Waals surface area contributed by atoms with Crippen molar-refractivity contribution in [3.05, 3.63) is 59.7 Å².